The lowest BCUT2D eigenvalue weighted by Crippen LogP contribution is -2.28. The van der Waals surface area contributed by atoms with Gasteiger partial charge >= 0.3 is 5.97 Å². The van der Waals surface area contributed by atoms with E-state index < -0.39 is 16.8 Å². The van der Waals surface area contributed by atoms with Crippen molar-refractivity contribution >= 4 is 51.0 Å². The molecule has 9 heteroatoms. The Morgan fingerprint density at radius 3 is 2.41 bits per heavy atom. The van der Waals surface area contributed by atoms with Crippen molar-refractivity contribution in [3.05, 3.63) is 74.3 Å². The number of benzene rings is 2. The van der Waals surface area contributed by atoms with Gasteiger partial charge in [-0.25, -0.2) is 9.80 Å². The number of carbonyl (C=O) groups excluding carboxylic acids is 1. The van der Waals surface area contributed by atoms with Crippen LogP contribution >= 0.6 is 15.9 Å². The third-order valence-electron chi connectivity index (χ3n) is 4.48. The summed E-state index contributed by atoms with van der Waals surface area (Å²) in [5.74, 6) is -2.16. The summed E-state index contributed by atoms with van der Waals surface area (Å²) >= 11 is 3.34. The topological polar surface area (TPSA) is 113 Å². The summed E-state index contributed by atoms with van der Waals surface area (Å²) in [5.41, 5.74) is 1.55. The van der Waals surface area contributed by atoms with Gasteiger partial charge in [-0.2, -0.15) is 5.10 Å². The molecule has 0 saturated heterocycles. The van der Waals surface area contributed by atoms with Crippen molar-refractivity contribution in [3.63, 3.8) is 0 Å². The molecule has 1 aliphatic heterocycles. The van der Waals surface area contributed by atoms with Gasteiger partial charge in [-0.05, 0) is 61.4 Å². The van der Waals surface area contributed by atoms with Gasteiger partial charge in [0.25, 0.3) is 11.6 Å². The van der Waals surface area contributed by atoms with E-state index in [9.17, 15) is 24.8 Å². The van der Waals surface area contributed by atoms with E-state index in [0.717, 1.165) is 4.47 Å². The van der Waals surface area contributed by atoms with Crippen LogP contribution in [0, 0.1) is 16.0 Å². The minimum atomic E-state index is -1.16. The summed E-state index contributed by atoms with van der Waals surface area (Å²) < 4.78 is 0.865. The SMILES string of the molecule is CC1=NN(c2ccc(Br)cc2)C(=O)C1CC(=Cc1ccc([N+](=O)[O-])cc1)C(=O)O. The number of nitro benzene ring substituents is 1. The predicted molar refractivity (Wildman–Crippen MR) is 112 cm³/mol. The van der Waals surface area contributed by atoms with E-state index >= 15 is 0 Å². The third-order valence-corrected chi connectivity index (χ3v) is 5.01. The molecule has 1 unspecified atom stereocenters. The summed E-state index contributed by atoms with van der Waals surface area (Å²) in [6.07, 6.45) is 1.38. The van der Waals surface area contributed by atoms with E-state index in [1.54, 1.807) is 31.2 Å². The molecule has 29 heavy (non-hydrogen) atoms. The van der Waals surface area contributed by atoms with Crippen molar-refractivity contribution in [2.45, 2.75) is 13.3 Å². The molecule has 3 rings (SSSR count). The van der Waals surface area contributed by atoms with Gasteiger partial charge in [0.1, 0.15) is 0 Å². The van der Waals surface area contributed by atoms with Crippen molar-refractivity contribution < 1.29 is 19.6 Å². The second-order valence-electron chi connectivity index (χ2n) is 6.45. The maximum atomic E-state index is 12.8. The minimum Gasteiger partial charge on any atom is -0.478 e. The number of nitro groups is 1. The van der Waals surface area contributed by atoms with Crippen LogP contribution < -0.4 is 5.01 Å². The maximum absolute atomic E-state index is 12.8. The Balaban J connectivity index is 1.82. The number of aliphatic carboxylic acids is 1. The fourth-order valence-electron chi connectivity index (χ4n) is 2.93. The predicted octanol–water partition coefficient (Wildman–Crippen LogP) is 4.25. The van der Waals surface area contributed by atoms with Crippen LogP contribution in [0.5, 0.6) is 0 Å². The number of non-ortho nitro benzene ring substituents is 1. The number of nitrogens with zero attached hydrogens (tertiary/aromatic N) is 3. The minimum absolute atomic E-state index is 0.0180. The largest absolute Gasteiger partial charge is 0.478 e. The van der Waals surface area contributed by atoms with Crippen LogP contribution in [0.2, 0.25) is 0 Å². The summed E-state index contributed by atoms with van der Waals surface area (Å²) in [4.78, 5) is 34.8. The highest BCUT2D eigenvalue weighted by atomic mass is 79.9. The lowest BCUT2D eigenvalue weighted by atomic mass is 9.94. The molecule has 1 N–H and O–H groups in total. The Bertz CT molecular complexity index is 1030. The van der Waals surface area contributed by atoms with Crippen molar-refractivity contribution in [2.75, 3.05) is 5.01 Å². The number of carbonyl (C=O) groups is 2. The summed E-state index contributed by atoms with van der Waals surface area (Å²) in [6.45, 7) is 1.69. The zero-order chi connectivity index (χ0) is 21.1. The molecule has 0 bridgehead atoms. The molecule has 0 aliphatic carbocycles. The van der Waals surface area contributed by atoms with Gasteiger partial charge in [-0.15, -0.1) is 0 Å². The smallest absolute Gasteiger partial charge is 0.331 e. The van der Waals surface area contributed by atoms with Gasteiger partial charge in [0.15, 0.2) is 0 Å². The average molecular weight is 458 g/mol. The summed E-state index contributed by atoms with van der Waals surface area (Å²) in [5, 5.41) is 25.9. The molecular formula is C20H16BrN3O5. The van der Waals surface area contributed by atoms with Crippen LogP contribution in [-0.4, -0.2) is 27.6 Å². The molecule has 0 fully saturated rings. The van der Waals surface area contributed by atoms with Crippen LogP contribution in [0.4, 0.5) is 11.4 Å². The number of hydrogen-bond acceptors (Lipinski definition) is 5. The number of carboxylic acids is 1. The molecule has 2 aromatic rings. The maximum Gasteiger partial charge on any atom is 0.331 e. The molecule has 0 aromatic heterocycles. The normalized spacial score (nSPS) is 16.7. The molecule has 0 radical (unpaired) electrons. The van der Waals surface area contributed by atoms with E-state index in [-0.39, 0.29) is 23.6 Å². The second-order valence-corrected chi connectivity index (χ2v) is 7.36. The highest BCUT2D eigenvalue weighted by molar-refractivity contribution is 9.10. The number of hydrazone groups is 1. The van der Waals surface area contributed by atoms with Gasteiger partial charge in [0, 0.05) is 27.9 Å². The van der Waals surface area contributed by atoms with Crippen LogP contribution in [-0.2, 0) is 9.59 Å². The van der Waals surface area contributed by atoms with E-state index in [1.807, 2.05) is 0 Å². The summed E-state index contributed by atoms with van der Waals surface area (Å²) in [6, 6.07) is 12.6. The molecule has 0 saturated carbocycles. The Hall–Kier alpha value is -3.33. The Labute approximate surface area is 174 Å². The van der Waals surface area contributed by atoms with E-state index in [2.05, 4.69) is 21.0 Å². The van der Waals surface area contributed by atoms with Crippen LogP contribution in [0.1, 0.15) is 18.9 Å². The molecule has 148 valence electrons. The van der Waals surface area contributed by atoms with Crippen molar-refractivity contribution in [2.24, 2.45) is 11.0 Å². The molecule has 1 amide bonds. The van der Waals surface area contributed by atoms with E-state index in [4.69, 9.17) is 0 Å². The van der Waals surface area contributed by atoms with Gasteiger partial charge in [0.2, 0.25) is 0 Å². The second kappa shape index (κ2) is 8.36. The first-order valence-electron chi connectivity index (χ1n) is 8.59. The van der Waals surface area contributed by atoms with Gasteiger partial charge in [-0.3, -0.25) is 14.9 Å². The lowest BCUT2D eigenvalue weighted by molar-refractivity contribution is -0.384. The number of rotatable bonds is 6. The van der Waals surface area contributed by atoms with Gasteiger partial charge in [-0.1, -0.05) is 15.9 Å². The van der Waals surface area contributed by atoms with Gasteiger partial charge in [0.05, 0.1) is 16.5 Å². The highest BCUT2D eigenvalue weighted by Crippen LogP contribution is 2.29. The Morgan fingerprint density at radius 1 is 1.24 bits per heavy atom. The molecule has 1 atom stereocenters. The fourth-order valence-corrected chi connectivity index (χ4v) is 3.19. The molecule has 2 aromatic carbocycles. The monoisotopic (exact) mass is 457 g/mol. The first-order valence-corrected chi connectivity index (χ1v) is 9.38. The fraction of sp³-hybridized carbons (Fsp3) is 0.150. The number of hydrogen-bond donors (Lipinski definition) is 1. The molecule has 8 nitrogen and oxygen atoms in total. The van der Waals surface area contributed by atoms with Crippen molar-refractivity contribution in [1.29, 1.82) is 0 Å². The van der Waals surface area contributed by atoms with E-state index in [0.29, 0.717) is 17.0 Å². The summed E-state index contributed by atoms with van der Waals surface area (Å²) in [7, 11) is 0. The quantitative estimate of drug-likeness (QED) is 0.395. The number of carboxylic acid groups (broad SMARTS) is 1. The van der Waals surface area contributed by atoms with E-state index in [1.165, 1.54) is 35.4 Å². The van der Waals surface area contributed by atoms with Crippen LogP contribution in [0.3, 0.4) is 0 Å². The van der Waals surface area contributed by atoms with Crippen molar-refractivity contribution in [3.8, 4) is 0 Å². The van der Waals surface area contributed by atoms with Gasteiger partial charge < -0.3 is 5.11 Å². The van der Waals surface area contributed by atoms with Crippen LogP contribution in [0.15, 0.2) is 63.7 Å². The Morgan fingerprint density at radius 2 is 1.86 bits per heavy atom. The number of anilines is 1. The first-order chi connectivity index (χ1) is 13.8. The van der Waals surface area contributed by atoms with Crippen LogP contribution in [0.25, 0.3) is 6.08 Å². The molecular weight excluding hydrogens is 442 g/mol. The molecule has 1 aliphatic rings. The first kappa shape index (κ1) is 20.4. The third kappa shape index (κ3) is 4.57. The number of halogens is 1. The zero-order valence-electron chi connectivity index (χ0n) is 15.3. The molecule has 1 heterocycles. The molecule has 0 spiro atoms. The Kier molecular flexibility index (Phi) is 5.88. The lowest BCUT2D eigenvalue weighted by Gasteiger charge is -2.15. The van der Waals surface area contributed by atoms with Crippen molar-refractivity contribution in [1.82, 2.24) is 0 Å². The highest BCUT2D eigenvalue weighted by Gasteiger charge is 2.35. The average Bonchev–Trinajstić information content (AvgIpc) is 2.96. The zero-order valence-corrected chi connectivity index (χ0v) is 16.9. The number of amides is 1. The standard InChI is InChI=1S/C20H16BrN3O5/c1-12-18(19(25)23(22-12)16-8-4-15(21)5-9-16)11-14(20(26)27)10-13-2-6-17(7-3-13)24(28)29/h2-10,18H,11H2,1H3,(H,26,27).